The van der Waals surface area contributed by atoms with Crippen LogP contribution in [-0.4, -0.2) is 41.6 Å². The van der Waals surface area contributed by atoms with Crippen LogP contribution in [0.4, 0.5) is 4.79 Å². The number of ether oxygens (including phenoxy) is 2. The lowest BCUT2D eigenvalue weighted by Gasteiger charge is -2.21. The van der Waals surface area contributed by atoms with Gasteiger partial charge in [-0.05, 0) is 27.7 Å². The van der Waals surface area contributed by atoms with E-state index in [-0.39, 0.29) is 6.42 Å². The number of rotatable bonds is 3. The summed E-state index contributed by atoms with van der Waals surface area (Å²) in [6.07, 6.45) is -2.12. The molecule has 0 aromatic carbocycles. The van der Waals surface area contributed by atoms with Crippen LogP contribution < -0.4 is 10.6 Å². The molecule has 8 heteroatoms. The van der Waals surface area contributed by atoms with Gasteiger partial charge < -0.3 is 14.8 Å². The number of hydrogen-bond acceptors (Lipinski definition) is 6. The second-order valence-electron chi connectivity index (χ2n) is 5.41. The summed E-state index contributed by atoms with van der Waals surface area (Å²) in [5, 5.41) is 4.30. The number of hydrogen-bond donors (Lipinski definition) is 2. The molecule has 20 heavy (non-hydrogen) atoms. The second kappa shape index (κ2) is 5.89. The third kappa shape index (κ3) is 4.87. The second-order valence-corrected chi connectivity index (χ2v) is 5.41. The molecule has 0 radical (unpaired) electrons. The molecule has 2 N–H and O–H groups in total. The van der Waals surface area contributed by atoms with Gasteiger partial charge in [-0.15, -0.1) is 0 Å². The zero-order valence-electron chi connectivity index (χ0n) is 11.8. The summed E-state index contributed by atoms with van der Waals surface area (Å²) in [5.74, 6) is -1.97. The van der Waals surface area contributed by atoms with E-state index in [1.165, 1.54) is 6.92 Å². The van der Waals surface area contributed by atoms with Crippen molar-refractivity contribution in [2.24, 2.45) is 0 Å². The monoisotopic (exact) mass is 286 g/mol. The van der Waals surface area contributed by atoms with E-state index in [4.69, 9.17) is 9.47 Å². The quantitative estimate of drug-likeness (QED) is 0.551. The first kappa shape index (κ1) is 15.9. The van der Waals surface area contributed by atoms with Gasteiger partial charge in [0.25, 0.3) is 5.91 Å². The SMILES string of the molecule is C[C@H](NC(=O)OC(C)(C)C)C(=O)O[C@@H]1CC(=O)NC1=O. The zero-order chi connectivity index (χ0) is 15.5. The van der Waals surface area contributed by atoms with Crippen molar-refractivity contribution in [1.82, 2.24) is 10.6 Å². The highest BCUT2D eigenvalue weighted by atomic mass is 16.6. The highest BCUT2D eigenvalue weighted by Gasteiger charge is 2.35. The Labute approximate surface area is 116 Å². The fourth-order valence-electron chi connectivity index (χ4n) is 1.41. The standard InChI is InChI=1S/C12H18N2O6/c1-6(13-11(18)20-12(2,3)4)10(17)19-7-5-8(15)14-9(7)16/h6-7H,5H2,1-4H3,(H,13,18)(H,14,15,16)/t6-,7+/m0/s1. The number of imide groups is 1. The Morgan fingerprint density at radius 3 is 2.40 bits per heavy atom. The molecule has 0 spiro atoms. The molecule has 112 valence electrons. The van der Waals surface area contributed by atoms with Crippen LogP contribution >= 0.6 is 0 Å². The predicted molar refractivity (Wildman–Crippen MR) is 66.5 cm³/mol. The number of nitrogens with one attached hydrogen (secondary N) is 2. The number of alkyl carbamates (subject to hydrolysis) is 1. The average molecular weight is 286 g/mol. The molecule has 1 saturated heterocycles. The molecule has 0 bridgehead atoms. The highest BCUT2D eigenvalue weighted by Crippen LogP contribution is 2.09. The van der Waals surface area contributed by atoms with Crippen LogP contribution in [0.1, 0.15) is 34.1 Å². The average Bonchev–Trinajstić information content (AvgIpc) is 2.54. The van der Waals surface area contributed by atoms with E-state index in [1.807, 2.05) is 5.32 Å². The Kier molecular flexibility index (Phi) is 4.69. The maximum absolute atomic E-state index is 11.7. The maximum Gasteiger partial charge on any atom is 0.408 e. The molecule has 8 nitrogen and oxygen atoms in total. The van der Waals surface area contributed by atoms with Crippen LogP contribution in [0, 0.1) is 0 Å². The van der Waals surface area contributed by atoms with Crippen molar-refractivity contribution in [1.29, 1.82) is 0 Å². The van der Waals surface area contributed by atoms with Crippen LogP contribution in [0.25, 0.3) is 0 Å². The van der Waals surface area contributed by atoms with Gasteiger partial charge >= 0.3 is 12.1 Å². The van der Waals surface area contributed by atoms with Crippen LogP contribution in [0.5, 0.6) is 0 Å². The van der Waals surface area contributed by atoms with Gasteiger partial charge in [-0.1, -0.05) is 0 Å². The van der Waals surface area contributed by atoms with Crippen molar-refractivity contribution >= 4 is 23.9 Å². The molecule has 0 unspecified atom stereocenters. The van der Waals surface area contributed by atoms with Crippen molar-refractivity contribution < 1.29 is 28.7 Å². The van der Waals surface area contributed by atoms with E-state index in [9.17, 15) is 19.2 Å². The van der Waals surface area contributed by atoms with E-state index in [0.717, 1.165) is 0 Å². The normalized spacial score (nSPS) is 20.1. The third-order valence-electron chi connectivity index (χ3n) is 2.27. The van der Waals surface area contributed by atoms with Crippen LogP contribution in [0.3, 0.4) is 0 Å². The van der Waals surface area contributed by atoms with Crippen LogP contribution in [0.2, 0.25) is 0 Å². The molecular weight excluding hydrogens is 268 g/mol. The maximum atomic E-state index is 11.7. The molecule has 0 saturated carbocycles. The van der Waals surface area contributed by atoms with E-state index in [0.29, 0.717) is 0 Å². The largest absolute Gasteiger partial charge is 0.450 e. The van der Waals surface area contributed by atoms with Gasteiger partial charge in [0.15, 0.2) is 6.10 Å². The van der Waals surface area contributed by atoms with Crippen molar-refractivity contribution in [2.45, 2.75) is 51.9 Å². The van der Waals surface area contributed by atoms with Crippen molar-refractivity contribution in [3.05, 3.63) is 0 Å². The van der Waals surface area contributed by atoms with Gasteiger partial charge in [-0.3, -0.25) is 14.9 Å². The van der Waals surface area contributed by atoms with Crippen molar-refractivity contribution in [3.8, 4) is 0 Å². The first-order chi connectivity index (χ1) is 9.08. The lowest BCUT2D eigenvalue weighted by molar-refractivity contribution is -0.155. The summed E-state index contributed by atoms with van der Waals surface area (Å²) >= 11 is 0. The molecule has 1 fully saturated rings. The van der Waals surface area contributed by atoms with Gasteiger partial charge in [0.05, 0.1) is 6.42 Å². The molecule has 1 rings (SSSR count). The molecule has 1 aliphatic heterocycles. The number of carbonyl (C=O) groups is 4. The number of amides is 3. The van der Waals surface area contributed by atoms with E-state index in [2.05, 4.69) is 5.32 Å². The summed E-state index contributed by atoms with van der Waals surface area (Å²) in [6, 6.07) is -0.992. The first-order valence-electron chi connectivity index (χ1n) is 6.12. The Hall–Kier alpha value is -2.12. The van der Waals surface area contributed by atoms with Gasteiger partial charge in [-0.25, -0.2) is 9.59 Å². The third-order valence-corrected chi connectivity index (χ3v) is 2.27. The van der Waals surface area contributed by atoms with Crippen molar-refractivity contribution in [3.63, 3.8) is 0 Å². The van der Waals surface area contributed by atoms with E-state index in [1.54, 1.807) is 20.8 Å². The minimum atomic E-state index is -1.14. The fourth-order valence-corrected chi connectivity index (χ4v) is 1.41. The zero-order valence-corrected chi connectivity index (χ0v) is 11.8. The molecule has 3 amide bonds. The highest BCUT2D eigenvalue weighted by molar-refractivity contribution is 6.05. The van der Waals surface area contributed by atoms with Crippen LogP contribution in [0.15, 0.2) is 0 Å². The molecule has 2 atom stereocenters. The predicted octanol–water partition coefficient (Wildman–Crippen LogP) is -0.142. The number of esters is 1. The molecular formula is C12H18N2O6. The van der Waals surface area contributed by atoms with Crippen molar-refractivity contribution in [2.75, 3.05) is 0 Å². The number of carbonyl (C=O) groups excluding carboxylic acids is 4. The lowest BCUT2D eigenvalue weighted by Crippen LogP contribution is -2.44. The summed E-state index contributed by atoms with van der Waals surface area (Å²) in [5.41, 5.74) is -0.689. The molecule has 0 aromatic heterocycles. The summed E-state index contributed by atoms with van der Waals surface area (Å²) in [7, 11) is 0. The molecule has 0 aromatic rings. The summed E-state index contributed by atoms with van der Waals surface area (Å²) < 4.78 is 9.82. The molecule has 1 heterocycles. The van der Waals surface area contributed by atoms with Gasteiger partial charge in [0.1, 0.15) is 11.6 Å². The smallest absolute Gasteiger partial charge is 0.408 e. The minimum Gasteiger partial charge on any atom is -0.450 e. The van der Waals surface area contributed by atoms with E-state index >= 15 is 0 Å². The summed E-state index contributed by atoms with van der Waals surface area (Å²) in [4.78, 5) is 45.3. The molecule has 0 aliphatic carbocycles. The lowest BCUT2D eigenvalue weighted by atomic mass is 10.2. The van der Waals surface area contributed by atoms with Gasteiger partial charge in [-0.2, -0.15) is 0 Å². The fraction of sp³-hybridized carbons (Fsp3) is 0.667. The first-order valence-corrected chi connectivity index (χ1v) is 6.12. The van der Waals surface area contributed by atoms with E-state index < -0.39 is 41.6 Å². The Balaban J connectivity index is 2.45. The Morgan fingerprint density at radius 2 is 1.95 bits per heavy atom. The topological polar surface area (TPSA) is 111 Å². The van der Waals surface area contributed by atoms with Gasteiger partial charge in [0.2, 0.25) is 5.91 Å². The Morgan fingerprint density at radius 1 is 1.35 bits per heavy atom. The minimum absolute atomic E-state index is 0.205. The summed E-state index contributed by atoms with van der Waals surface area (Å²) in [6.45, 7) is 6.44. The molecule has 1 aliphatic rings. The Bertz CT molecular complexity index is 440. The van der Waals surface area contributed by atoms with Gasteiger partial charge in [0, 0.05) is 0 Å². The van der Waals surface area contributed by atoms with Crippen LogP contribution in [-0.2, 0) is 23.9 Å².